The molecule has 1 aromatic carbocycles. The number of aliphatic hydroxyl groups is 1. The van der Waals surface area contributed by atoms with Crippen LogP contribution in [0.1, 0.15) is 19.9 Å². The average molecular weight is 443 g/mol. The van der Waals surface area contributed by atoms with E-state index in [1.165, 1.54) is 10.9 Å². The highest BCUT2D eigenvalue weighted by atomic mass is 19.2. The van der Waals surface area contributed by atoms with Gasteiger partial charge in [-0.25, -0.2) is 22.6 Å². The number of hydrogen-bond donors (Lipinski definition) is 1. The van der Waals surface area contributed by atoms with Gasteiger partial charge in [-0.3, -0.25) is 0 Å². The van der Waals surface area contributed by atoms with Crippen molar-refractivity contribution in [3.8, 4) is 11.3 Å². The highest BCUT2D eigenvalue weighted by molar-refractivity contribution is 5.75. The molecule has 31 heavy (non-hydrogen) atoms. The molecule has 12 heteroatoms. The summed E-state index contributed by atoms with van der Waals surface area (Å²) in [5.41, 5.74) is -0.0347. The molecule has 0 aliphatic carbocycles. The molecule has 0 saturated carbocycles. The van der Waals surface area contributed by atoms with E-state index in [0.717, 1.165) is 19.2 Å². The van der Waals surface area contributed by atoms with Gasteiger partial charge in [0.2, 0.25) is 0 Å². The van der Waals surface area contributed by atoms with Crippen molar-refractivity contribution in [2.24, 2.45) is 0 Å². The summed E-state index contributed by atoms with van der Waals surface area (Å²) in [6, 6.07) is 0.588. The lowest BCUT2D eigenvalue weighted by atomic mass is 9.91. The number of halogens is 3. The van der Waals surface area contributed by atoms with Crippen LogP contribution in [-0.4, -0.2) is 70.0 Å². The SMILES string of the molecule is COC(=O)[C@@H]1O[C@@H]2COC(C)(C)O[C@@H]2C(n2cc(-c3cc(F)c(F)c(F)c3)nn2)[C@H]1O. The molecular weight excluding hydrogens is 423 g/mol. The Hall–Kier alpha value is -2.54. The second-order valence-corrected chi connectivity index (χ2v) is 7.73. The second kappa shape index (κ2) is 7.86. The van der Waals surface area contributed by atoms with Crippen LogP contribution in [-0.2, 0) is 23.7 Å². The summed E-state index contributed by atoms with van der Waals surface area (Å²) >= 11 is 0. The van der Waals surface area contributed by atoms with Crippen molar-refractivity contribution < 1.29 is 42.0 Å². The first-order chi connectivity index (χ1) is 14.6. The average Bonchev–Trinajstić information content (AvgIpc) is 3.19. The van der Waals surface area contributed by atoms with E-state index in [1.807, 2.05) is 0 Å². The summed E-state index contributed by atoms with van der Waals surface area (Å²) in [5.74, 6) is -6.17. The van der Waals surface area contributed by atoms with Gasteiger partial charge in [-0.1, -0.05) is 5.21 Å². The molecule has 168 valence electrons. The molecule has 0 bridgehead atoms. The number of ether oxygens (including phenoxy) is 4. The first-order valence-electron chi connectivity index (χ1n) is 9.41. The second-order valence-electron chi connectivity index (χ2n) is 7.73. The van der Waals surface area contributed by atoms with Crippen molar-refractivity contribution in [1.29, 1.82) is 0 Å². The van der Waals surface area contributed by atoms with Gasteiger partial charge in [-0.05, 0) is 26.0 Å². The molecule has 4 rings (SSSR count). The van der Waals surface area contributed by atoms with E-state index in [-0.39, 0.29) is 17.9 Å². The van der Waals surface area contributed by atoms with Crippen LogP contribution in [0.2, 0.25) is 0 Å². The van der Waals surface area contributed by atoms with Crippen molar-refractivity contribution >= 4 is 5.97 Å². The predicted octanol–water partition coefficient (Wildman–Crippen LogP) is 1.36. The summed E-state index contributed by atoms with van der Waals surface area (Å²) in [7, 11) is 1.15. The number of carbonyl (C=O) groups is 1. The summed E-state index contributed by atoms with van der Waals surface area (Å²) in [6.07, 6.45) is -3.02. The molecule has 2 aromatic rings. The lowest BCUT2D eigenvalue weighted by Gasteiger charge is -2.49. The van der Waals surface area contributed by atoms with E-state index >= 15 is 0 Å². The largest absolute Gasteiger partial charge is 0.467 e. The van der Waals surface area contributed by atoms with Crippen LogP contribution in [0.5, 0.6) is 0 Å². The topological polar surface area (TPSA) is 105 Å². The van der Waals surface area contributed by atoms with Gasteiger partial charge in [0.15, 0.2) is 29.3 Å². The fourth-order valence-corrected chi connectivity index (χ4v) is 3.74. The number of rotatable bonds is 3. The van der Waals surface area contributed by atoms with Gasteiger partial charge in [-0.2, -0.15) is 0 Å². The maximum Gasteiger partial charge on any atom is 0.337 e. The van der Waals surface area contributed by atoms with Crippen LogP contribution in [0.3, 0.4) is 0 Å². The molecule has 2 aliphatic heterocycles. The number of fused-ring (bicyclic) bond motifs is 1. The molecule has 2 aliphatic rings. The Morgan fingerprint density at radius 3 is 2.61 bits per heavy atom. The lowest BCUT2D eigenvalue weighted by Crippen LogP contribution is -2.63. The number of methoxy groups -OCH3 is 1. The predicted molar refractivity (Wildman–Crippen MR) is 96.0 cm³/mol. The van der Waals surface area contributed by atoms with E-state index in [2.05, 4.69) is 10.3 Å². The molecule has 0 spiro atoms. The number of aliphatic hydroxyl groups excluding tert-OH is 1. The zero-order chi connectivity index (χ0) is 22.5. The Morgan fingerprint density at radius 1 is 1.29 bits per heavy atom. The van der Waals surface area contributed by atoms with Crippen molar-refractivity contribution in [3.05, 3.63) is 35.8 Å². The Balaban J connectivity index is 1.72. The number of hydrogen-bond acceptors (Lipinski definition) is 8. The first-order valence-corrected chi connectivity index (χ1v) is 9.41. The molecule has 3 heterocycles. The zero-order valence-electron chi connectivity index (χ0n) is 16.8. The number of carbonyl (C=O) groups excluding carboxylic acids is 1. The quantitative estimate of drug-likeness (QED) is 0.560. The summed E-state index contributed by atoms with van der Waals surface area (Å²) in [5, 5.41) is 18.7. The molecule has 5 atom stereocenters. The van der Waals surface area contributed by atoms with Crippen LogP contribution >= 0.6 is 0 Å². The van der Waals surface area contributed by atoms with Gasteiger partial charge in [0, 0.05) is 5.56 Å². The highest BCUT2D eigenvalue weighted by Crippen LogP contribution is 2.38. The van der Waals surface area contributed by atoms with Crippen molar-refractivity contribution in [3.63, 3.8) is 0 Å². The number of nitrogens with zero attached hydrogens (tertiary/aromatic N) is 3. The van der Waals surface area contributed by atoms with Crippen LogP contribution in [0.25, 0.3) is 11.3 Å². The van der Waals surface area contributed by atoms with Crippen LogP contribution in [0.4, 0.5) is 13.2 Å². The molecule has 2 fully saturated rings. The van der Waals surface area contributed by atoms with E-state index in [4.69, 9.17) is 18.9 Å². The van der Waals surface area contributed by atoms with Crippen molar-refractivity contribution in [2.45, 2.75) is 50.1 Å². The standard InChI is InChI=1S/C19H20F3N3O6/c1-19(2)29-7-12-16(31-19)14(15(26)17(30-12)18(27)28-3)25-6-11(23-24-25)8-4-9(20)13(22)10(21)5-8/h4-6,12,14-17,26H,7H2,1-3H3/t12-,14?,15-,16+,17-/m1/s1. The molecule has 2 saturated heterocycles. The Bertz CT molecular complexity index is 977. The van der Waals surface area contributed by atoms with E-state index in [1.54, 1.807) is 13.8 Å². The minimum Gasteiger partial charge on any atom is -0.467 e. The van der Waals surface area contributed by atoms with E-state index in [9.17, 15) is 23.1 Å². The minimum absolute atomic E-state index is 0.0222. The third-order valence-electron chi connectivity index (χ3n) is 5.23. The fraction of sp³-hybridized carbons (Fsp3) is 0.526. The van der Waals surface area contributed by atoms with Gasteiger partial charge in [-0.15, -0.1) is 5.10 Å². The van der Waals surface area contributed by atoms with E-state index < -0.39 is 59.7 Å². The van der Waals surface area contributed by atoms with Crippen LogP contribution in [0, 0.1) is 17.5 Å². The number of benzene rings is 1. The maximum absolute atomic E-state index is 13.6. The molecular formula is C19H20F3N3O6. The Kier molecular flexibility index (Phi) is 5.50. The molecule has 0 radical (unpaired) electrons. The van der Waals surface area contributed by atoms with Crippen molar-refractivity contribution in [2.75, 3.05) is 13.7 Å². The van der Waals surface area contributed by atoms with Gasteiger partial charge in [0.25, 0.3) is 0 Å². The maximum atomic E-state index is 13.6. The Labute approximate surface area is 174 Å². The molecule has 1 N–H and O–H groups in total. The monoisotopic (exact) mass is 443 g/mol. The normalized spacial score (nSPS) is 30.0. The third kappa shape index (κ3) is 3.91. The minimum atomic E-state index is -1.60. The third-order valence-corrected chi connectivity index (χ3v) is 5.23. The van der Waals surface area contributed by atoms with Gasteiger partial charge in [0.1, 0.15) is 30.0 Å². The van der Waals surface area contributed by atoms with Gasteiger partial charge < -0.3 is 24.1 Å². The molecule has 1 aromatic heterocycles. The van der Waals surface area contributed by atoms with Crippen molar-refractivity contribution in [1.82, 2.24) is 15.0 Å². The van der Waals surface area contributed by atoms with Crippen LogP contribution in [0.15, 0.2) is 18.3 Å². The zero-order valence-corrected chi connectivity index (χ0v) is 16.8. The molecule has 0 amide bonds. The fourth-order valence-electron chi connectivity index (χ4n) is 3.74. The lowest BCUT2D eigenvalue weighted by molar-refractivity contribution is -0.346. The molecule has 1 unspecified atom stereocenters. The van der Waals surface area contributed by atoms with Crippen LogP contribution < -0.4 is 0 Å². The first kappa shape index (κ1) is 21.7. The smallest absolute Gasteiger partial charge is 0.337 e. The van der Waals surface area contributed by atoms with E-state index in [0.29, 0.717) is 0 Å². The van der Waals surface area contributed by atoms with Gasteiger partial charge >= 0.3 is 5.97 Å². The number of aromatic nitrogens is 3. The molecule has 9 nitrogen and oxygen atoms in total. The summed E-state index contributed by atoms with van der Waals surface area (Å²) in [4.78, 5) is 12.1. The summed E-state index contributed by atoms with van der Waals surface area (Å²) < 4.78 is 63.6. The van der Waals surface area contributed by atoms with Gasteiger partial charge in [0.05, 0.1) is 19.9 Å². The number of esters is 1. The Morgan fingerprint density at radius 2 is 1.97 bits per heavy atom. The summed E-state index contributed by atoms with van der Waals surface area (Å²) in [6.45, 7) is 3.43. The highest BCUT2D eigenvalue weighted by Gasteiger charge is 2.54.